The monoisotopic (exact) mass is 461 g/mol. The van der Waals surface area contributed by atoms with Crippen LogP contribution in [0.15, 0.2) is 48.9 Å². The Labute approximate surface area is 198 Å². The number of pyridine rings is 1. The average molecular weight is 462 g/mol. The summed E-state index contributed by atoms with van der Waals surface area (Å²) in [5.41, 5.74) is 2.93. The van der Waals surface area contributed by atoms with Gasteiger partial charge in [-0.2, -0.15) is 0 Å². The van der Waals surface area contributed by atoms with Crippen molar-refractivity contribution in [2.45, 2.75) is 62.4 Å². The van der Waals surface area contributed by atoms with Crippen molar-refractivity contribution in [3.05, 3.63) is 48.9 Å². The van der Waals surface area contributed by atoms with E-state index in [0.717, 1.165) is 49.0 Å². The minimum Gasteiger partial charge on any atom is -0.507 e. The Balaban J connectivity index is 1.26. The van der Waals surface area contributed by atoms with Crippen molar-refractivity contribution < 1.29 is 14.2 Å². The van der Waals surface area contributed by atoms with Crippen LogP contribution in [-0.2, 0) is 0 Å². The topological polar surface area (TPSA) is 83.4 Å². The predicted octanol–water partition coefficient (Wildman–Crippen LogP) is 4.12. The van der Waals surface area contributed by atoms with Gasteiger partial charge in [-0.1, -0.05) is 6.07 Å². The van der Waals surface area contributed by atoms with E-state index < -0.39 is 6.17 Å². The van der Waals surface area contributed by atoms with E-state index in [9.17, 15) is 5.11 Å². The number of nitrogens with zero attached hydrogens (tertiary/aromatic N) is 4. The molecular weight excluding hydrogens is 433 g/mol. The molecule has 4 heterocycles. The molecule has 2 bridgehead atoms. The van der Waals surface area contributed by atoms with Gasteiger partial charge in [0.1, 0.15) is 17.7 Å². The maximum absolute atomic E-state index is 15.3. The van der Waals surface area contributed by atoms with E-state index in [-0.39, 0.29) is 17.8 Å². The summed E-state index contributed by atoms with van der Waals surface area (Å²) < 4.78 is 20.5. The van der Waals surface area contributed by atoms with Crippen LogP contribution in [0.2, 0.25) is 0 Å². The molecule has 3 fully saturated rings. The minimum absolute atomic E-state index is 0.0481. The van der Waals surface area contributed by atoms with Gasteiger partial charge in [0.2, 0.25) is 5.88 Å². The molecule has 1 aliphatic carbocycles. The van der Waals surface area contributed by atoms with Crippen LogP contribution in [0, 0.1) is 0 Å². The molecule has 2 aliphatic heterocycles. The molecule has 1 aromatic carbocycles. The molecule has 0 unspecified atom stereocenters. The zero-order chi connectivity index (χ0) is 23.2. The summed E-state index contributed by atoms with van der Waals surface area (Å²) in [7, 11) is 1.57. The minimum atomic E-state index is -0.899. The lowest BCUT2D eigenvalue weighted by Crippen LogP contribution is -2.57. The molecule has 176 valence electrons. The number of methoxy groups -OCH3 is 1. The Bertz CT molecular complexity index is 1190. The van der Waals surface area contributed by atoms with E-state index >= 15 is 4.39 Å². The third-order valence-electron chi connectivity index (χ3n) is 7.31. The fraction of sp³-hybridized carbons (Fsp3) is 0.423. The van der Waals surface area contributed by atoms with Crippen molar-refractivity contribution in [2.24, 2.45) is 0 Å². The highest BCUT2D eigenvalue weighted by Crippen LogP contribution is 2.40. The van der Waals surface area contributed by atoms with Crippen LogP contribution in [0.5, 0.6) is 11.6 Å². The third kappa shape index (κ3) is 3.86. The second-order valence-corrected chi connectivity index (χ2v) is 9.51. The molecule has 0 amide bonds. The molecule has 0 radical (unpaired) electrons. The van der Waals surface area contributed by atoms with Crippen molar-refractivity contribution in [1.82, 2.24) is 20.3 Å². The molecule has 2 N–H and O–H groups in total. The SMILES string of the molecule is COc1cc(-c2ccc(-c3cnc(N(C4CC4)[C@H]4C[C@@H]5CC[C@@H](N5)[C@H]4F)cn3)c(O)c2)ccn1. The van der Waals surface area contributed by atoms with Crippen LogP contribution in [-0.4, -0.2) is 57.5 Å². The average Bonchev–Trinajstić information content (AvgIpc) is 3.62. The van der Waals surface area contributed by atoms with E-state index in [1.807, 2.05) is 24.3 Å². The maximum atomic E-state index is 15.3. The highest BCUT2D eigenvalue weighted by molar-refractivity contribution is 5.74. The summed E-state index contributed by atoms with van der Waals surface area (Å²) >= 11 is 0. The molecule has 3 aromatic rings. The predicted molar refractivity (Wildman–Crippen MR) is 128 cm³/mol. The van der Waals surface area contributed by atoms with E-state index in [0.29, 0.717) is 29.2 Å². The Hall–Kier alpha value is -3.26. The lowest BCUT2D eigenvalue weighted by molar-refractivity contribution is 0.171. The van der Waals surface area contributed by atoms with E-state index in [1.165, 1.54) is 0 Å². The molecule has 2 aromatic heterocycles. The first-order valence-corrected chi connectivity index (χ1v) is 11.9. The number of phenols is 1. The highest BCUT2D eigenvalue weighted by atomic mass is 19.1. The number of aromatic hydroxyl groups is 1. The number of phenolic OH excluding ortho intramolecular Hbond substituents is 1. The van der Waals surface area contributed by atoms with Gasteiger partial charge >= 0.3 is 0 Å². The lowest BCUT2D eigenvalue weighted by Gasteiger charge is -2.41. The van der Waals surface area contributed by atoms with E-state index in [4.69, 9.17) is 4.74 Å². The van der Waals surface area contributed by atoms with Gasteiger partial charge in [0.25, 0.3) is 0 Å². The van der Waals surface area contributed by atoms with E-state index in [2.05, 4.69) is 25.2 Å². The van der Waals surface area contributed by atoms with Gasteiger partial charge < -0.3 is 20.1 Å². The van der Waals surface area contributed by atoms with Crippen LogP contribution in [0.4, 0.5) is 10.2 Å². The molecule has 34 heavy (non-hydrogen) atoms. The third-order valence-corrected chi connectivity index (χ3v) is 7.31. The van der Waals surface area contributed by atoms with Gasteiger partial charge in [0, 0.05) is 36.0 Å². The van der Waals surface area contributed by atoms with Crippen LogP contribution >= 0.6 is 0 Å². The number of piperidine rings is 1. The number of anilines is 1. The summed E-state index contributed by atoms with van der Waals surface area (Å²) in [4.78, 5) is 15.6. The van der Waals surface area contributed by atoms with Gasteiger partial charge in [0.15, 0.2) is 0 Å². The maximum Gasteiger partial charge on any atom is 0.213 e. The first-order valence-electron chi connectivity index (χ1n) is 11.9. The largest absolute Gasteiger partial charge is 0.507 e. The molecular formula is C26H28FN5O2. The number of alkyl halides is 1. The molecule has 4 atom stereocenters. The summed E-state index contributed by atoms with van der Waals surface area (Å²) in [5.74, 6) is 1.35. The number of hydrogen-bond donors (Lipinski definition) is 2. The first kappa shape index (κ1) is 21.3. The fourth-order valence-corrected chi connectivity index (χ4v) is 5.45. The molecule has 1 saturated carbocycles. The molecule has 6 rings (SSSR count). The van der Waals surface area contributed by atoms with Crippen molar-refractivity contribution in [3.63, 3.8) is 0 Å². The number of rotatable bonds is 6. The number of fused-ring (bicyclic) bond motifs is 2. The van der Waals surface area contributed by atoms with Gasteiger partial charge in [0.05, 0.1) is 31.2 Å². The Morgan fingerprint density at radius 3 is 2.62 bits per heavy atom. The van der Waals surface area contributed by atoms with Crippen molar-refractivity contribution in [3.8, 4) is 34.0 Å². The zero-order valence-electron chi connectivity index (χ0n) is 19.1. The normalized spacial score (nSPS) is 25.8. The molecule has 7 nitrogen and oxygen atoms in total. The number of aromatic nitrogens is 3. The van der Waals surface area contributed by atoms with Gasteiger partial charge in [-0.25, -0.2) is 14.4 Å². The summed E-state index contributed by atoms with van der Waals surface area (Å²) in [6, 6.07) is 9.68. The Morgan fingerprint density at radius 1 is 1.03 bits per heavy atom. The highest BCUT2D eigenvalue weighted by Gasteiger charge is 2.48. The molecule has 0 spiro atoms. The second kappa shape index (κ2) is 8.51. The van der Waals surface area contributed by atoms with Gasteiger partial charge in [-0.15, -0.1) is 0 Å². The van der Waals surface area contributed by atoms with Crippen LogP contribution < -0.4 is 15.0 Å². The van der Waals surface area contributed by atoms with E-state index in [1.54, 1.807) is 31.8 Å². The number of benzene rings is 1. The quantitative estimate of drug-likeness (QED) is 0.571. The number of halogens is 1. The van der Waals surface area contributed by atoms with Crippen molar-refractivity contribution in [1.29, 1.82) is 0 Å². The van der Waals surface area contributed by atoms with Gasteiger partial charge in [-0.05, 0) is 61.4 Å². The number of ether oxygens (including phenoxy) is 1. The van der Waals surface area contributed by atoms with Crippen LogP contribution in [0.25, 0.3) is 22.4 Å². The fourth-order valence-electron chi connectivity index (χ4n) is 5.45. The van der Waals surface area contributed by atoms with Crippen molar-refractivity contribution >= 4 is 5.82 Å². The van der Waals surface area contributed by atoms with Crippen molar-refractivity contribution in [2.75, 3.05) is 12.0 Å². The van der Waals surface area contributed by atoms with Crippen LogP contribution in [0.3, 0.4) is 0 Å². The number of nitrogens with one attached hydrogen (secondary N) is 1. The van der Waals surface area contributed by atoms with Gasteiger partial charge in [-0.3, -0.25) is 4.98 Å². The second-order valence-electron chi connectivity index (χ2n) is 9.51. The smallest absolute Gasteiger partial charge is 0.213 e. The zero-order valence-corrected chi connectivity index (χ0v) is 19.1. The Kier molecular flexibility index (Phi) is 5.32. The standard InChI is InChI=1S/C26H28FN5O2/c1-34-25-11-16(8-9-28-25)15-2-6-19(23(33)10-15)21-13-30-24(14-29-21)32(18-4-5-18)22-12-17-3-7-20(31-17)26(22)27/h2,6,8-11,13-14,17-18,20,22,26,31,33H,3-5,7,12H2,1H3/t17-,20+,22-,26+/m0/s1. The first-order chi connectivity index (χ1) is 16.6. The molecule has 2 saturated heterocycles. The van der Waals surface area contributed by atoms with Crippen LogP contribution in [0.1, 0.15) is 32.1 Å². The molecule has 3 aliphatic rings. The number of hydrogen-bond acceptors (Lipinski definition) is 7. The summed E-state index contributed by atoms with van der Waals surface area (Å²) in [5, 5.41) is 14.2. The lowest BCUT2D eigenvalue weighted by atomic mass is 9.96. The summed E-state index contributed by atoms with van der Waals surface area (Å²) in [6.07, 6.45) is 9.08. The summed E-state index contributed by atoms with van der Waals surface area (Å²) in [6.45, 7) is 0. The Morgan fingerprint density at radius 2 is 1.88 bits per heavy atom. The molecule has 8 heteroatoms.